The average molecular weight is 301 g/mol. The molecule has 0 unspecified atom stereocenters. The molecular weight excluding hydrogens is 278 g/mol. The van der Waals surface area contributed by atoms with Crippen LogP contribution in [0.15, 0.2) is 29.8 Å². The molecule has 1 aromatic rings. The number of rotatable bonds is 7. The highest BCUT2D eigenvalue weighted by Crippen LogP contribution is 2.16. The normalized spacial score (nSPS) is 11.4. The van der Waals surface area contributed by atoms with E-state index in [4.69, 9.17) is 14.7 Å². The van der Waals surface area contributed by atoms with Gasteiger partial charge in [-0.1, -0.05) is 26.0 Å². The highest BCUT2D eigenvalue weighted by molar-refractivity contribution is 5.97. The van der Waals surface area contributed by atoms with Crippen LogP contribution in [0.2, 0.25) is 0 Å². The molecule has 4 heteroatoms. The molecule has 0 saturated carbocycles. The summed E-state index contributed by atoms with van der Waals surface area (Å²) in [6, 6.07) is 9.15. The SMILES string of the molecule is CC(C)CCOc1ccc(C=C(C#N)C(=O)OC(C)C)cc1. The molecule has 0 aromatic heterocycles. The number of nitriles is 1. The number of carbonyl (C=O) groups excluding carboxylic acids is 1. The Kier molecular flexibility index (Phi) is 7.18. The van der Waals surface area contributed by atoms with Crippen molar-refractivity contribution in [3.8, 4) is 11.8 Å². The first-order chi connectivity index (χ1) is 10.4. The lowest BCUT2D eigenvalue weighted by Crippen LogP contribution is -2.12. The topological polar surface area (TPSA) is 59.3 Å². The minimum Gasteiger partial charge on any atom is -0.494 e. The summed E-state index contributed by atoms with van der Waals surface area (Å²) in [6.07, 6.45) is 2.27. The Bertz CT molecular complexity index is 551. The summed E-state index contributed by atoms with van der Waals surface area (Å²) in [7, 11) is 0. The molecule has 118 valence electrons. The van der Waals surface area contributed by atoms with Gasteiger partial charge in [0.25, 0.3) is 0 Å². The summed E-state index contributed by atoms with van der Waals surface area (Å²) in [5.74, 6) is 0.781. The molecule has 22 heavy (non-hydrogen) atoms. The van der Waals surface area contributed by atoms with E-state index < -0.39 is 5.97 Å². The van der Waals surface area contributed by atoms with Crippen LogP contribution in [0.3, 0.4) is 0 Å². The van der Waals surface area contributed by atoms with E-state index in [0.29, 0.717) is 12.5 Å². The Morgan fingerprint density at radius 1 is 1.23 bits per heavy atom. The Hall–Kier alpha value is -2.28. The molecule has 1 aromatic carbocycles. The van der Waals surface area contributed by atoms with Gasteiger partial charge in [0.1, 0.15) is 17.4 Å². The third kappa shape index (κ3) is 6.45. The van der Waals surface area contributed by atoms with Crippen molar-refractivity contribution in [2.24, 2.45) is 5.92 Å². The second-order valence-electron chi connectivity index (χ2n) is 5.72. The largest absolute Gasteiger partial charge is 0.494 e. The van der Waals surface area contributed by atoms with Crippen LogP contribution in [-0.2, 0) is 9.53 Å². The Labute approximate surface area is 132 Å². The minimum absolute atomic E-state index is 0.0119. The number of hydrogen-bond acceptors (Lipinski definition) is 4. The molecule has 0 spiro atoms. The van der Waals surface area contributed by atoms with Gasteiger partial charge in [0.15, 0.2) is 0 Å². The van der Waals surface area contributed by atoms with Crippen molar-refractivity contribution < 1.29 is 14.3 Å². The summed E-state index contributed by atoms with van der Waals surface area (Å²) >= 11 is 0. The van der Waals surface area contributed by atoms with Crippen molar-refractivity contribution in [3.05, 3.63) is 35.4 Å². The lowest BCUT2D eigenvalue weighted by atomic mass is 10.1. The van der Waals surface area contributed by atoms with Crippen LogP contribution in [0.25, 0.3) is 6.08 Å². The van der Waals surface area contributed by atoms with E-state index in [-0.39, 0.29) is 11.7 Å². The number of nitrogens with zero attached hydrogens (tertiary/aromatic N) is 1. The Balaban J connectivity index is 2.70. The maximum Gasteiger partial charge on any atom is 0.349 e. The first-order valence-corrected chi connectivity index (χ1v) is 7.48. The molecule has 0 amide bonds. The van der Waals surface area contributed by atoms with Gasteiger partial charge in [0.05, 0.1) is 12.7 Å². The smallest absolute Gasteiger partial charge is 0.349 e. The predicted octanol–water partition coefficient (Wildman–Crippen LogP) is 3.97. The Morgan fingerprint density at radius 2 is 1.86 bits per heavy atom. The zero-order valence-electron chi connectivity index (χ0n) is 13.6. The first kappa shape index (κ1) is 17.8. The van der Waals surface area contributed by atoms with Crippen LogP contribution >= 0.6 is 0 Å². The number of hydrogen-bond donors (Lipinski definition) is 0. The molecule has 1 rings (SSSR count). The highest BCUT2D eigenvalue weighted by atomic mass is 16.5. The van der Waals surface area contributed by atoms with Gasteiger partial charge in [0.2, 0.25) is 0 Å². The zero-order chi connectivity index (χ0) is 16.5. The molecule has 0 aliphatic rings. The number of benzene rings is 1. The minimum atomic E-state index is -0.602. The molecule has 0 saturated heterocycles. The van der Waals surface area contributed by atoms with Crippen molar-refractivity contribution in [3.63, 3.8) is 0 Å². The maximum atomic E-state index is 11.7. The molecule has 0 bridgehead atoms. The summed E-state index contributed by atoms with van der Waals surface area (Å²) in [4.78, 5) is 11.7. The van der Waals surface area contributed by atoms with E-state index in [1.807, 2.05) is 30.3 Å². The van der Waals surface area contributed by atoms with Gasteiger partial charge >= 0.3 is 5.97 Å². The molecule has 4 nitrogen and oxygen atoms in total. The third-order valence-electron chi connectivity index (χ3n) is 2.84. The van der Waals surface area contributed by atoms with Crippen molar-refractivity contribution in [2.45, 2.75) is 40.2 Å². The van der Waals surface area contributed by atoms with Gasteiger partial charge in [-0.15, -0.1) is 0 Å². The second kappa shape index (κ2) is 8.89. The predicted molar refractivity (Wildman–Crippen MR) is 86.2 cm³/mol. The van der Waals surface area contributed by atoms with E-state index in [0.717, 1.165) is 17.7 Å². The Morgan fingerprint density at radius 3 is 2.36 bits per heavy atom. The van der Waals surface area contributed by atoms with Crippen LogP contribution < -0.4 is 4.74 Å². The second-order valence-corrected chi connectivity index (χ2v) is 5.72. The van der Waals surface area contributed by atoms with Crippen molar-refractivity contribution in [2.75, 3.05) is 6.61 Å². The number of ether oxygens (including phenoxy) is 2. The first-order valence-electron chi connectivity index (χ1n) is 7.48. The van der Waals surface area contributed by atoms with E-state index >= 15 is 0 Å². The average Bonchev–Trinajstić information content (AvgIpc) is 2.45. The van der Waals surface area contributed by atoms with Gasteiger partial charge in [-0.25, -0.2) is 4.79 Å². The van der Waals surface area contributed by atoms with Gasteiger partial charge in [-0.3, -0.25) is 0 Å². The third-order valence-corrected chi connectivity index (χ3v) is 2.84. The van der Waals surface area contributed by atoms with Crippen LogP contribution in [0.5, 0.6) is 5.75 Å². The number of carbonyl (C=O) groups is 1. The van der Waals surface area contributed by atoms with E-state index in [9.17, 15) is 4.79 Å². The van der Waals surface area contributed by atoms with Crippen LogP contribution in [0.1, 0.15) is 39.7 Å². The van der Waals surface area contributed by atoms with Gasteiger partial charge in [0, 0.05) is 0 Å². The molecule has 0 radical (unpaired) electrons. The fraction of sp³-hybridized carbons (Fsp3) is 0.444. The van der Waals surface area contributed by atoms with Gasteiger partial charge < -0.3 is 9.47 Å². The van der Waals surface area contributed by atoms with Crippen LogP contribution in [0.4, 0.5) is 0 Å². The highest BCUT2D eigenvalue weighted by Gasteiger charge is 2.12. The molecular formula is C18H23NO3. The van der Waals surface area contributed by atoms with E-state index in [1.54, 1.807) is 13.8 Å². The molecule has 0 atom stereocenters. The van der Waals surface area contributed by atoms with E-state index in [2.05, 4.69) is 13.8 Å². The summed E-state index contributed by atoms with van der Waals surface area (Å²) in [6.45, 7) is 8.47. The summed E-state index contributed by atoms with van der Waals surface area (Å²) < 4.78 is 10.6. The molecule has 0 aliphatic carbocycles. The fourth-order valence-electron chi connectivity index (χ4n) is 1.65. The quantitative estimate of drug-likeness (QED) is 0.434. The van der Waals surface area contributed by atoms with E-state index in [1.165, 1.54) is 6.08 Å². The molecule has 0 aliphatic heterocycles. The molecule has 0 heterocycles. The number of esters is 1. The van der Waals surface area contributed by atoms with Crippen LogP contribution in [-0.4, -0.2) is 18.7 Å². The van der Waals surface area contributed by atoms with Crippen molar-refractivity contribution in [1.29, 1.82) is 5.26 Å². The van der Waals surface area contributed by atoms with Crippen molar-refractivity contribution >= 4 is 12.0 Å². The zero-order valence-corrected chi connectivity index (χ0v) is 13.6. The molecule has 0 fully saturated rings. The van der Waals surface area contributed by atoms with Crippen LogP contribution in [0, 0.1) is 17.2 Å². The summed E-state index contributed by atoms with van der Waals surface area (Å²) in [5, 5.41) is 9.05. The lowest BCUT2D eigenvalue weighted by molar-refractivity contribution is -0.142. The van der Waals surface area contributed by atoms with Crippen molar-refractivity contribution in [1.82, 2.24) is 0 Å². The fourth-order valence-corrected chi connectivity index (χ4v) is 1.65. The van der Waals surface area contributed by atoms with Gasteiger partial charge in [-0.05, 0) is 50.0 Å². The standard InChI is InChI=1S/C18H23NO3/c1-13(2)9-10-21-17-7-5-15(6-8-17)11-16(12-19)18(20)22-14(3)4/h5-8,11,13-14H,9-10H2,1-4H3. The maximum absolute atomic E-state index is 11.7. The monoisotopic (exact) mass is 301 g/mol. The van der Waals surface area contributed by atoms with Gasteiger partial charge in [-0.2, -0.15) is 5.26 Å². The molecule has 0 N–H and O–H groups in total. The lowest BCUT2D eigenvalue weighted by Gasteiger charge is -2.08. The summed E-state index contributed by atoms with van der Waals surface area (Å²) in [5.41, 5.74) is 0.746.